The van der Waals surface area contributed by atoms with Crippen LogP contribution in [0.5, 0.6) is 5.75 Å². The number of ether oxygens (including phenoxy) is 1. The van der Waals surface area contributed by atoms with E-state index >= 15 is 0 Å². The minimum Gasteiger partial charge on any atom is -0.493 e. The highest BCUT2D eigenvalue weighted by atomic mass is 16.5. The molecule has 2 N–H and O–H groups in total. The Morgan fingerprint density at radius 2 is 2.11 bits per heavy atom. The summed E-state index contributed by atoms with van der Waals surface area (Å²) in [6, 6.07) is 13.8. The monoisotopic (exact) mass is 242 g/mol. The zero-order valence-corrected chi connectivity index (χ0v) is 10.5. The molecule has 0 saturated carbocycles. The van der Waals surface area contributed by atoms with Gasteiger partial charge in [-0.05, 0) is 36.8 Å². The van der Waals surface area contributed by atoms with Crippen LogP contribution in [-0.4, -0.2) is 11.6 Å². The van der Waals surface area contributed by atoms with Crippen LogP contribution in [0.1, 0.15) is 24.2 Å². The Bertz CT molecular complexity index is 483. The lowest BCUT2D eigenvalue weighted by molar-refractivity contribution is 0.320. The molecule has 3 nitrogen and oxygen atoms in total. The largest absolute Gasteiger partial charge is 0.493 e. The third-order valence-corrected chi connectivity index (χ3v) is 2.74. The van der Waals surface area contributed by atoms with Crippen LogP contribution in [0.2, 0.25) is 0 Å². The lowest BCUT2D eigenvalue weighted by Crippen LogP contribution is -2.06. The third-order valence-electron chi connectivity index (χ3n) is 2.74. The summed E-state index contributed by atoms with van der Waals surface area (Å²) in [5.74, 6) is 0.862. The van der Waals surface area contributed by atoms with Crippen molar-refractivity contribution in [1.82, 2.24) is 4.98 Å². The second kappa shape index (κ2) is 6.17. The Morgan fingerprint density at radius 1 is 1.22 bits per heavy atom. The fraction of sp³-hybridized carbons (Fsp3) is 0.267. The zero-order chi connectivity index (χ0) is 12.8. The Morgan fingerprint density at radius 3 is 2.83 bits per heavy atom. The first kappa shape index (κ1) is 12.6. The average molecular weight is 242 g/mol. The molecule has 0 saturated heterocycles. The van der Waals surface area contributed by atoms with E-state index < -0.39 is 0 Å². The van der Waals surface area contributed by atoms with Crippen LogP contribution >= 0.6 is 0 Å². The number of benzene rings is 1. The SMILES string of the molecule is CC(N)c1cccc(OCCc2ccccn2)c1. The Labute approximate surface area is 108 Å². The molecule has 3 heteroatoms. The quantitative estimate of drug-likeness (QED) is 0.877. The highest BCUT2D eigenvalue weighted by Crippen LogP contribution is 2.17. The van der Waals surface area contributed by atoms with Crippen molar-refractivity contribution in [1.29, 1.82) is 0 Å². The van der Waals surface area contributed by atoms with Crippen molar-refractivity contribution in [3.05, 3.63) is 59.9 Å². The molecule has 0 bridgehead atoms. The van der Waals surface area contributed by atoms with Gasteiger partial charge in [0, 0.05) is 24.4 Å². The molecule has 2 aromatic rings. The minimum atomic E-state index is 0.0318. The molecule has 0 radical (unpaired) electrons. The molecule has 1 unspecified atom stereocenters. The van der Waals surface area contributed by atoms with Gasteiger partial charge in [0.2, 0.25) is 0 Å². The summed E-state index contributed by atoms with van der Waals surface area (Å²) in [6.45, 7) is 2.59. The van der Waals surface area contributed by atoms with Gasteiger partial charge in [-0.25, -0.2) is 0 Å². The summed E-state index contributed by atoms with van der Waals surface area (Å²) in [7, 11) is 0. The Kier molecular flexibility index (Phi) is 4.31. The lowest BCUT2D eigenvalue weighted by atomic mass is 10.1. The molecule has 0 fully saturated rings. The van der Waals surface area contributed by atoms with Crippen molar-refractivity contribution in [2.45, 2.75) is 19.4 Å². The second-order valence-electron chi connectivity index (χ2n) is 4.28. The molecule has 1 aromatic carbocycles. The number of pyridine rings is 1. The molecule has 1 heterocycles. The molecule has 0 aliphatic rings. The normalized spacial score (nSPS) is 12.1. The van der Waals surface area contributed by atoms with Crippen molar-refractivity contribution in [3.8, 4) is 5.75 Å². The van der Waals surface area contributed by atoms with Gasteiger partial charge in [-0.3, -0.25) is 4.98 Å². The molecule has 0 spiro atoms. The number of nitrogens with two attached hydrogens (primary N) is 1. The van der Waals surface area contributed by atoms with Gasteiger partial charge >= 0.3 is 0 Å². The smallest absolute Gasteiger partial charge is 0.119 e. The van der Waals surface area contributed by atoms with Crippen molar-refractivity contribution in [2.75, 3.05) is 6.61 Å². The Hall–Kier alpha value is -1.87. The summed E-state index contributed by atoms with van der Waals surface area (Å²) >= 11 is 0. The number of hydrogen-bond acceptors (Lipinski definition) is 3. The molecular formula is C15H18N2O. The van der Waals surface area contributed by atoms with E-state index in [4.69, 9.17) is 10.5 Å². The minimum absolute atomic E-state index is 0.0318. The van der Waals surface area contributed by atoms with E-state index in [2.05, 4.69) is 4.98 Å². The van der Waals surface area contributed by atoms with Gasteiger partial charge < -0.3 is 10.5 Å². The van der Waals surface area contributed by atoms with Gasteiger partial charge in [-0.2, -0.15) is 0 Å². The van der Waals surface area contributed by atoms with E-state index in [1.54, 1.807) is 6.20 Å². The number of aromatic nitrogens is 1. The first-order chi connectivity index (χ1) is 8.75. The second-order valence-corrected chi connectivity index (χ2v) is 4.28. The number of rotatable bonds is 5. The van der Waals surface area contributed by atoms with Crippen LogP contribution in [0.25, 0.3) is 0 Å². The molecule has 0 aliphatic carbocycles. The van der Waals surface area contributed by atoms with Gasteiger partial charge in [0.25, 0.3) is 0 Å². The maximum atomic E-state index is 5.84. The summed E-state index contributed by atoms with van der Waals surface area (Å²) in [5.41, 5.74) is 7.97. The molecule has 18 heavy (non-hydrogen) atoms. The predicted octanol–water partition coefficient (Wildman–Crippen LogP) is 2.72. The van der Waals surface area contributed by atoms with Crippen LogP contribution in [0.3, 0.4) is 0 Å². The van der Waals surface area contributed by atoms with Crippen LogP contribution < -0.4 is 10.5 Å². The van der Waals surface area contributed by atoms with E-state index in [1.807, 2.05) is 49.4 Å². The van der Waals surface area contributed by atoms with Crippen molar-refractivity contribution < 1.29 is 4.74 Å². The number of hydrogen-bond donors (Lipinski definition) is 1. The average Bonchev–Trinajstić information content (AvgIpc) is 2.40. The van der Waals surface area contributed by atoms with Crippen LogP contribution in [0.4, 0.5) is 0 Å². The highest BCUT2D eigenvalue weighted by molar-refractivity contribution is 5.30. The summed E-state index contributed by atoms with van der Waals surface area (Å²) < 4.78 is 5.71. The van der Waals surface area contributed by atoms with E-state index in [9.17, 15) is 0 Å². The molecule has 0 amide bonds. The summed E-state index contributed by atoms with van der Waals surface area (Å²) in [4.78, 5) is 4.26. The van der Waals surface area contributed by atoms with Gasteiger partial charge in [-0.1, -0.05) is 18.2 Å². The van der Waals surface area contributed by atoms with Gasteiger partial charge in [0.05, 0.1) is 6.61 Å². The fourth-order valence-corrected chi connectivity index (χ4v) is 1.71. The fourth-order valence-electron chi connectivity index (χ4n) is 1.71. The van der Waals surface area contributed by atoms with E-state index in [0.717, 1.165) is 23.4 Å². The summed E-state index contributed by atoms with van der Waals surface area (Å²) in [6.07, 6.45) is 2.61. The van der Waals surface area contributed by atoms with Gasteiger partial charge in [0.15, 0.2) is 0 Å². The summed E-state index contributed by atoms with van der Waals surface area (Å²) in [5, 5.41) is 0. The van der Waals surface area contributed by atoms with E-state index in [1.165, 1.54) is 0 Å². The molecule has 2 rings (SSSR count). The molecule has 1 atom stereocenters. The van der Waals surface area contributed by atoms with Crippen molar-refractivity contribution in [3.63, 3.8) is 0 Å². The first-order valence-corrected chi connectivity index (χ1v) is 6.14. The maximum absolute atomic E-state index is 5.84. The van der Waals surface area contributed by atoms with Gasteiger partial charge in [-0.15, -0.1) is 0 Å². The number of nitrogens with zero attached hydrogens (tertiary/aromatic N) is 1. The first-order valence-electron chi connectivity index (χ1n) is 6.14. The van der Waals surface area contributed by atoms with Crippen molar-refractivity contribution >= 4 is 0 Å². The molecular weight excluding hydrogens is 224 g/mol. The van der Waals surface area contributed by atoms with E-state index in [-0.39, 0.29) is 6.04 Å². The highest BCUT2D eigenvalue weighted by Gasteiger charge is 2.01. The zero-order valence-electron chi connectivity index (χ0n) is 10.5. The lowest BCUT2D eigenvalue weighted by Gasteiger charge is -2.09. The van der Waals surface area contributed by atoms with Crippen LogP contribution in [-0.2, 0) is 6.42 Å². The molecule has 0 aliphatic heterocycles. The molecule has 94 valence electrons. The topological polar surface area (TPSA) is 48.1 Å². The standard InChI is InChI=1S/C15H18N2O/c1-12(16)13-5-4-7-15(11-13)18-10-8-14-6-2-3-9-17-14/h2-7,9,11-12H,8,10,16H2,1H3. The maximum Gasteiger partial charge on any atom is 0.119 e. The predicted molar refractivity (Wildman–Crippen MR) is 72.5 cm³/mol. The van der Waals surface area contributed by atoms with Crippen molar-refractivity contribution in [2.24, 2.45) is 5.73 Å². The Balaban J connectivity index is 1.89. The van der Waals surface area contributed by atoms with Gasteiger partial charge in [0.1, 0.15) is 5.75 Å². The molecule has 1 aromatic heterocycles. The van der Waals surface area contributed by atoms with Crippen LogP contribution in [0.15, 0.2) is 48.7 Å². The van der Waals surface area contributed by atoms with Crippen LogP contribution in [0, 0.1) is 0 Å². The third kappa shape index (κ3) is 3.57. The van der Waals surface area contributed by atoms with E-state index in [0.29, 0.717) is 6.61 Å².